The average molecular weight is 282 g/mol. The summed E-state index contributed by atoms with van der Waals surface area (Å²) in [6.45, 7) is 0.183. The van der Waals surface area contributed by atoms with E-state index in [2.05, 4.69) is 10.3 Å². The van der Waals surface area contributed by atoms with Crippen LogP contribution in [0, 0.1) is 10.1 Å². The first-order chi connectivity index (χ1) is 9.32. The quantitative estimate of drug-likeness (QED) is 0.577. The molecule has 1 aromatic heterocycles. The Morgan fingerprint density at radius 3 is 2.65 bits per heavy atom. The summed E-state index contributed by atoms with van der Waals surface area (Å²) in [5.41, 5.74) is -0.714. The molecule has 0 saturated heterocycles. The van der Waals surface area contributed by atoms with Crippen LogP contribution in [0.1, 0.15) is 16.8 Å². The molecule has 0 unspecified atom stereocenters. The number of hydrogen-bond acceptors (Lipinski definition) is 6. The maximum absolute atomic E-state index is 11.4. The van der Waals surface area contributed by atoms with Gasteiger partial charge in [0, 0.05) is 33.1 Å². The van der Waals surface area contributed by atoms with Crippen LogP contribution in [0.25, 0.3) is 0 Å². The number of carboxylic acid groups (broad SMARTS) is 1. The zero-order chi connectivity index (χ0) is 15.3. The SMILES string of the molecule is CN(C)C(=O)CCNc1ncc([N+](=O)[O-])cc1C(=O)O. The van der Waals surface area contributed by atoms with E-state index in [1.165, 1.54) is 4.90 Å². The molecule has 0 aliphatic carbocycles. The minimum absolute atomic E-state index is 0.00495. The molecular weight excluding hydrogens is 268 g/mol. The van der Waals surface area contributed by atoms with Crippen LogP contribution in [0.5, 0.6) is 0 Å². The number of carboxylic acids is 1. The van der Waals surface area contributed by atoms with Gasteiger partial charge in [0.2, 0.25) is 5.91 Å². The topological polar surface area (TPSA) is 126 Å². The normalized spacial score (nSPS) is 9.90. The Balaban J connectivity index is 2.82. The molecule has 0 atom stereocenters. The van der Waals surface area contributed by atoms with Crippen LogP contribution in [0.4, 0.5) is 11.5 Å². The van der Waals surface area contributed by atoms with Gasteiger partial charge in [0.05, 0.1) is 4.92 Å². The number of nitrogens with zero attached hydrogens (tertiary/aromatic N) is 3. The molecule has 9 nitrogen and oxygen atoms in total. The molecule has 1 heterocycles. The lowest BCUT2D eigenvalue weighted by atomic mass is 10.2. The monoisotopic (exact) mass is 282 g/mol. The summed E-state index contributed by atoms with van der Waals surface area (Å²) in [7, 11) is 3.21. The van der Waals surface area contributed by atoms with Crippen molar-refractivity contribution in [2.75, 3.05) is 26.0 Å². The Morgan fingerprint density at radius 2 is 2.15 bits per heavy atom. The van der Waals surface area contributed by atoms with E-state index < -0.39 is 16.6 Å². The van der Waals surface area contributed by atoms with Gasteiger partial charge in [-0.25, -0.2) is 9.78 Å². The maximum atomic E-state index is 11.4. The number of amides is 1. The van der Waals surface area contributed by atoms with Crippen molar-refractivity contribution in [1.82, 2.24) is 9.88 Å². The highest BCUT2D eigenvalue weighted by atomic mass is 16.6. The molecule has 0 radical (unpaired) electrons. The Kier molecular flexibility index (Phi) is 4.95. The third-order valence-electron chi connectivity index (χ3n) is 2.44. The fourth-order valence-electron chi connectivity index (χ4n) is 1.37. The molecule has 0 aliphatic rings. The fourth-order valence-corrected chi connectivity index (χ4v) is 1.37. The molecule has 0 aromatic carbocycles. The summed E-state index contributed by atoms with van der Waals surface area (Å²) in [6, 6.07) is 0.922. The van der Waals surface area contributed by atoms with Gasteiger partial charge in [0.15, 0.2) is 0 Å². The van der Waals surface area contributed by atoms with Crippen LogP contribution in [-0.2, 0) is 4.79 Å². The molecule has 108 valence electrons. The van der Waals surface area contributed by atoms with Crippen LogP contribution < -0.4 is 5.32 Å². The molecule has 1 rings (SSSR count). The average Bonchev–Trinajstić information content (AvgIpc) is 2.38. The lowest BCUT2D eigenvalue weighted by Crippen LogP contribution is -2.24. The first-order valence-electron chi connectivity index (χ1n) is 5.64. The van der Waals surface area contributed by atoms with E-state index in [4.69, 9.17) is 5.11 Å². The van der Waals surface area contributed by atoms with Crippen molar-refractivity contribution in [3.05, 3.63) is 27.9 Å². The van der Waals surface area contributed by atoms with Crippen molar-refractivity contribution in [1.29, 1.82) is 0 Å². The van der Waals surface area contributed by atoms with Gasteiger partial charge in [-0.3, -0.25) is 14.9 Å². The molecule has 0 saturated carbocycles. The van der Waals surface area contributed by atoms with Crippen molar-refractivity contribution in [3.8, 4) is 0 Å². The van der Waals surface area contributed by atoms with E-state index in [0.717, 1.165) is 12.3 Å². The Hall–Kier alpha value is -2.71. The molecule has 1 amide bonds. The van der Waals surface area contributed by atoms with Gasteiger partial charge >= 0.3 is 5.97 Å². The summed E-state index contributed by atoms with van der Waals surface area (Å²) in [5.74, 6) is -1.46. The summed E-state index contributed by atoms with van der Waals surface area (Å²) in [5, 5.41) is 22.2. The van der Waals surface area contributed by atoms with Gasteiger partial charge in [-0.05, 0) is 0 Å². The second kappa shape index (κ2) is 6.45. The molecule has 20 heavy (non-hydrogen) atoms. The zero-order valence-electron chi connectivity index (χ0n) is 11.0. The van der Waals surface area contributed by atoms with Crippen molar-refractivity contribution in [3.63, 3.8) is 0 Å². The predicted molar refractivity (Wildman–Crippen MR) is 69.7 cm³/mol. The van der Waals surface area contributed by atoms with E-state index in [9.17, 15) is 19.7 Å². The van der Waals surface area contributed by atoms with E-state index in [-0.39, 0.29) is 30.3 Å². The summed E-state index contributed by atoms with van der Waals surface area (Å²) >= 11 is 0. The first kappa shape index (κ1) is 15.3. The molecule has 0 bridgehead atoms. The Labute approximate surface area is 114 Å². The highest BCUT2D eigenvalue weighted by Crippen LogP contribution is 2.19. The van der Waals surface area contributed by atoms with Crippen LogP contribution in [0.2, 0.25) is 0 Å². The largest absolute Gasteiger partial charge is 0.478 e. The van der Waals surface area contributed by atoms with Gasteiger partial charge in [-0.2, -0.15) is 0 Å². The standard InChI is InChI=1S/C11H14N4O5/c1-14(2)9(16)3-4-12-10-8(11(17)18)5-7(6-13-10)15(19)20/h5-6H,3-4H2,1-2H3,(H,12,13)(H,17,18). The number of carbonyl (C=O) groups excluding carboxylic acids is 1. The number of rotatable bonds is 6. The number of pyridine rings is 1. The molecule has 0 fully saturated rings. The summed E-state index contributed by atoms with van der Waals surface area (Å²) in [4.78, 5) is 37.3. The summed E-state index contributed by atoms with van der Waals surface area (Å²) in [6.07, 6.45) is 1.12. The minimum Gasteiger partial charge on any atom is -0.478 e. The molecule has 2 N–H and O–H groups in total. The maximum Gasteiger partial charge on any atom is 0.339 e. The van der Waals surface area contributed by atoms with Crippen LogP contribution in [-0.4, -0.2) is 52.4 Å². The molecule has 0 aliphatic heterocycles. The second-order valence-electron chi connectivity index (χ2n) is 4.12. The molecular formula is C11H14N4O5. The number of hydrogen-bond donors (Lipinski definition) is 2. The van der Waals surface area contributed by atoms with Gasteiger partial charge < -0.3 is 15.3 Å². The Bertz CT molecular complexity index is 544. The molecule has 9 heteroatoms. The third-order valence-corrected chi connectivity index (χ3v) is 2.44. The van der Waals surface area contributed by atoms with Crippen molar-refractivity contribution in [2.24, 2.45) is 0 Å². The van der Waals surface area contributed by atoms with Crippen LogP contribution in [0.3, 0.4) is 0 Å². The number of aromatic nitrogens is 1. The van der Waals surface area contributed by atoms with Crippen molar-refractivity contribution >= 4 is 23.4 Å². The number of aromatic carboxylic acids is 1. The smallest absolute Gasteiger partial charge is 0.339 e. The van der Waals surface area contributed by atoms with E-state index >= 15 is 0 Å². The number of nitrogens with one attached hydrogen (secondary N) is 1. The highest BCUT2D eigenvalue weighted by Gasteiger charge is 2.17. The predicted octanol–water partition coefficient (Wildman–Crippen LogP) is 0.578. The van der Waals surface area contributed by atoms with Gasteiger partial charge in [0.1, 0.15) is 17.6 Å². The highest BCUT2D eigenvalue weighted by molar-refractivity contribution is 5.93. The Morgan fingerprint density at radius 1 is 1.50 bits per heavy atom. The van der Waals surface area contributed by atoms with E-state index in [0.29, 0.717) is 0 Å². The van der Waals surface area contributed by atoms with Gasteiger partial charge in [0.25, 0.3) is 5.69 Å². The van der Waals surface area contributed by atoms with Crippen LogP contribution in [0.15, 0.2) is 12.3 Å². The minimum atomic E-state index is -1.33. The van der Waals surface area contributed by atoms with Crippen molar-refractivity contribution < 1.29 is 19.6 Å². The number of carbonyl (C=O) groups is 2. The zero-order valence-corrected chi connectivity index (χ0v) is 11.0. The molecule has 1 aromatic rings. The molecule has 0 spiro atoms. The lowest BCUT2D eigenvalue weighted by molar-refractivity contribution is -0.385. The second-order valence-corrected chi connectivity index (χ2v) is 4.12. The van der Waals surface area contributed by atoms with Gasteiger partial charge in [-0.1, -0.05) is 0 Å². The van der Waals surface area contributed by atoms with Crippen molar-refractivity contribution in [2.45, 2.75) is 6.42 Å². The van der Waals surface area contributed by atoms with Gasteiger partial charge in [-0.15, -0.1) is 0 Å². The third kappa shape index (κ3) is 3.90. The fraction of sp³-hybridized carbons (Fsp3) is 0.364. The van der Waals surface area contributed by atoms with E-state index in [1.54, 1.807) is 14.1 Å². The van der Waals surface area contributed by atoms with E-state index in [1.807, 2.05) is 0 Å². The lowest BCUT2D eigenvalue weighted by Gasteiger charge is -2.11. The number of anilines is 1. The first-order valence-corrected chi connectivity index (χ1v) is 5.64. The van der Waals surface area contributed by atoms with Crippen LogP contribution >= 0.6 is 0 Å². The summed E-state index contributed by atoms with van der Waals surface area (Å²) < 4.78 is 0. The number of nitro groups is 1.